The van der Waals surface area contributed by atoms with E-state index >= 15 is 0 Å². The Kier molecular flexibility index (Phi) is 2.99. The van der Waals surface area contributed by atoms with E-state index in [-0.39, 0.29) is 6.10 Å². The molecule has 1 atom stereocenters. The smallest absolute Gasteiger partial charge is 0.125 e. The zero-order valence-corrected chi connectivity index (χ0v) is 8.19. The highest BCUT2D eigenvalue weighted by molar-refractivity contribution is 5.33. The van der Waals surface area contributed by atoms with E-state index < -0.39 is 0 Å². The molecule has 0 saturated heterocycles. The molecule has 1 aliphatic rings. The Bertz CT molecular complexity index is 272. The summed E-state index contributed by atoms with van der Waals surface area (Å²) in [6.07, 6.45) is 5.14. The minimum Gasteiger partial charge on any atom is -0.391 e. The van der Waals surface area contributed by atoms with Crippen molar-refractivity contribution in [1.82, 2.24) is 4.98 Å². The average Bonchev–Trinajstić information content (AvgIpc) is 2.14. The summed E-state index contributed by atoms with van der Waals surface area (Å²) in [5.74, 6) is 1.34. The fourth-order valence-electron chi connectivity index (χ4n) is 1.67. The number of hydrogen-bond donors (Lipinski definition) is 2. The number of rotatable bonds is 4. The van der Waals surface area contributed by atoms with Gasteiger partial charge < -0.3 is 10.4 Å². The summed E-state index contributed by atoms with van der Waals surface area (Å²) in [6, 6.07) is 5.73. The quantitative estimate of drug-likeness (QED) is 0.762. The van der Waals surface area contributed by atoms with Gasteiger partial charge >= 0.3 is 0 Å². The van der Waals surface area contributed by atoms with E-state index in [1.165, 1.54) is 19.3 Å². The lowest BCUT2D eigenvalue weighted by atomic mass is 9.81. The summed E-state index contributed by atoms with van der Waals surface area (Å²) in [5, 5.41) is 12.9. The van der Waals surface area contributed by atoms with Crippen molar-refractivity contribution in [2.24, 2.45) is 5.92 Å². The Hall–Kier alpha value is -1.09. The first-order chi connectivity index (χ1) is 6.86. The number of hydrogen-bond acceptors (Lipinski definition) is 3. The van der Waals surface area contributed by atoms with Gasteiger partial charge in [-0.2, -0.15) is 0 Å². The monoisotopic (exact) mass is 192 g/mol. The largest absolute Gasteiger partial charge is 0.391 e. The standard InChI is InChI=1S/C11H16N2O/c14-10(9-4-3-5-9)8-13-11-6-1-2-7-12-11/h1-2,6-7,9-10,14H,3-5,8H2,(H,12,13). The second-order valence-electron chi connectivity index (χ2n) is 3.85. The zero-order chi connectivity index (χ0) is 9.80. The van der Waals surface area contributed by atoms with Gasteiger partial charge in [0.15, 0.2) is 0 Å². The summed E-state index contributed by atoms with van der Waals surface area (Å²) in [4.78, 5) is 4.13. The number of pyridine rings is 1. The van der Waals surface area contributed by atoms with Crippen LogP contribution >= 0.6 is 0 Å². The number of nitrogens with one attached hydrogen (secondary N) is 1. The lowest BCUT2D eigenvalue weighted by molar-refractivity contribution is 0.0729. The van der Waals surface area contributed by atoms with Crippen LogP contribution in [0.2, 0.25) is 0 Å². The molecule has 0 amide bonds. The Morgan fingerprint density at radius 1 is 1.50 bits per heavy atom. The predicted molar refractivity (Wildman–Crippen MR) is 56.1 cm³/mol. The lowest BCUT2D eigenvalue weighted by Gasteiger charge is -2.30. The van der Waals surface area contributed by atoms with Gasteiger partial charge in [0, 0.05) is 12.7 Å². The molecule has 2 rings (SSSR count). The molecule has 1 unspecified atom stereocenters. The summed E-state index contributed by atoms with van der Waals surface area (Å²) in [7, 11) is 0. The van der Waals surface area contributed by atoms with Crippen LogP contribution in [0.4, 0.5) is 5.82 Å². The molecule has 0 radical (unpaired) electrons. The van der Waals surface area contributed by atoms with Crippen LogP contribution in [0.3, 0.4) is 0 Å². The first kappa shape index (κ1) is 9.46. The number of aromatic nitrogens is 1. The maximum atomic E-state index is 9.74. The third kappa shape index (κ3) is 2.23. The van der Waals surface area contributed by atoms with Gasteiger partial charge in [-0.05, 0) is 30.9 Å². The molecular weight excluding hydrogens is 176 g/mol. The van der Waals surface area contributed by atoms with E-state index in [1.54, 1.807) is 6.20 Å². The van der Waals surface area contributed by atoms with Crippen molar-refractivity contribution in [2.75, 3.05) is 11.9 Å². The second kappa shape index (κ2) is 4.42. The molecule has 1 saturated carbocycles. The average molecular weight is 192 g/mol. The number of nitrogens with zero attached hydrogens (tertiary/aromatic N) is 1. The van der Waals surface area contributed by atoms with Crippen molar-refractivity contribution >= 4 is 5.82 Å². The van der Waals surface area contributed by atoms with Crippen molar-refractivity contribution in [3.8, 4) is 0 Å². The molecule has 0 bridgehead atoms. The van der Waals surface area contributed by atoms with E-state index in [2.05, 4.69) is 10.3 Å². The second-order valence-corrected chi connectivity index (χ2v) is 3.85. The van der Waals surface area contributed by atoms with E-state index in [4.69, 9.17) is 0 Å². The van der Waals surface area contributed by atoms with Crippen molar-refractivity contribution in [1.29, 1.82) is 0 Å². The molecule has 1 aromatic heterocycles. The molecule has 1 heterocycles. The topological polar surface area (TPSA) is 45.1 Å². The van der Waals surface area contributed by atoms with E-state index in [0.717, 1.165) is 5.82 Å². The number of anilines is 1. The lowest BCUT2D eigenvalue weighted by Crippen LogP contribution is -2.32. The summed E-state index contributed by atoms with van der Waals surface area (Å²) in [6.45, 7) is 0.613. The van der Waals surface area contributed by atoms with Gasteiger partial charge in [0.05, 0.1) is 6.10 Å². The Labute approximate surface area is 84.2 Å². The van der Waals surface area contributed by atoms with Crippen molar-refractivity contribution in [3.05, 3.63) is 24.4 Å². The van der Waals surface area contributed by atoms with Crippen molar-refractivity contribution in [3.63, 3.8) is 0 Å². The molecule has 3 heteroatoms. The molecule has 0 aromatic carbocycles. The van der Waals surface area contributed by atoms with Gasteiger partial charge in [-0.25, -0.2) is 4.98 Å². The van der Waals surface area contributed by atoms with Gasteiger partial charge in [0.25, 0.3) is 0 Å². The van der Waals surface area contributed by atoms with Crippen LogP contribution in [0.5, 0.6) is 0 Å². The van der Waals surface area contributed by atoms with Crippen LogP contribution in [-0.2, 0) is 0 Å². The molecule has 1 fully saturated rings. The van der Waals surface area contributed by atoms with E-state index in [9.17, 15) is 5.11 Å². The van der Waals surface area contributed by atoms with Gasteiger partial charge in [0.1, 0.15) is 5.82 Å². The van der Waals surface area contributed by atoms with Crippen LogP contribution in [0, 0.1) is 5.92 Å². The SMILES string of the molecule is OC(CNc1ccccn1)C1CCC1. The first-order valence-electron chi connectivity index (χ1n) is 5.19. The number of aliphatic hydroxyl groups excluding tert-OH is 1. The summed E-state index contributed by atoms with van der Waals surface area (Å²) < 4.78 is 0. The Balaban J connectivity index is 1.76. The molecular formula is C11H16N2O. The normalized spacial score (nSPS) is 18.6. The Morgan fingerprint density at radius 2 is 2.36 bits per heavy atom. The molecule has 3 nitrogen and oxygen atoms in total. The van der Waals surface area contributed by atoms with Crippen LogP contribution in [0.15, 0.2) is 24.4 Å². The molecule has 2 N–H and O–H groups in total. The Morgan fingerprint density at radius 3 is 2.93 bits per heavy atom. The third-order valence-corrected chi connectivity index (χ3v) is 2.85. The van der Waals surface area contributed by atoms with Crippen molar-refractivity contribution < 1.29 is 5.11 Å². The summed E-state index contributed by atoms with van der Waals surface area (Å²) >= 11 is 0. The molecule has 0 aliphatic heterocycles. The highest BCUT2D eigenvalue weighted by Gasteiger charge is 2.25. The molecule has 14 heavy (non-hydrogen) atoms. The number of aliphatic hydroxyl groups is 1. The molecule has 76 valence electrons. The first-order valence-corrected chi connectivity index (χ1v) is 5.19. The van der Waals surface area contributed by atoms with Gasteiger partial charge in [-0.15, -0.1) is 0 Å². The van der Waals surface area contributed by atoms with E-state index in [0.29, 0.717) is 12.5 Å². The third-order valence-electron chi connectivity index (χ3n) is 2.85. The van der Waals surface area contributed by atoms with Gasteiger partial charge in [-0.3, -0.25) is 0 Å². The fraction of sp³-hybridized carbons (Fsp3) is 0.545. The van der Waals surface area contributed by atoms with Crippen LogP contribution in [0.1, 0.15) is 19.3 Å². The molecule has 1 aromatic rings. The predicted octanol–water partition coefficient (Wildman–Crippen LogP) is 1.65. The van der Waals surface area contributed by atoms with Crippen LogP contribution < -0.4 is 5.32 Å². The molecule has 1 aliphatic carbocycles. The maximum Gasteiger partial charge on any atom is 0.125 e. The minimum absolute atomic E-state index is 0.217. The van der Waals surface area contributed by atoms with E-state index in [1.807, 2.05) is 18.2 Å². The highest BCUT2D eigenvalue weighted by Crippen LogP contribution is 2.29. The minimum atomic E-state index is -0.217. The fourth-order valence-corrected chi connectivity index (χ4v) is 1.67. The van der Waals surface area contributed by atoms with Crippen LogP contribution in [-0.4, -0.2) is 22.7 Å². The maximum absolute atomic E-state index is 9.74. The van der Waals surface area contributed by atoms with Gasteiger partial charge in [-0.1, -0.05) is 12.5 Å². The van der Waals surface area contributed by atoms with Gasteiger partial charge in [0.2, 0.25) is 0 Å². The highest BCUT2D eigenvalue weighted by atomic mass is 16.3. The zero-order valence-electron chi connectivity index (χ0n) is 8.19. The van der Waals surface area contributed by atoms with Crippen molar-refractivity contribution in [2.45, 2.75) is 25.4 Å². The molecule has 0 spiro atoms. The summed E-state index contributed by atoms with van der Waals surface area (Å²) in [5.41, 5.74) is 0. The van der Waals surface area contributed by atoms with Crippen LogP contribution in [0.25, 0.3) is 0 Å².